The van der Waals surface area contributed by atoms with Crippen LogP contribution in [0.25, 0.3) is 0 Å². The Bertz CT molecular complexity index is 29.0. The Balaban J connectivity index is 2.80. The van der Waals surface area contributed by atoms with Crippen LogP contribution in [0.3, 0.4) is 0 Å². The van der Waals surface area contributed by atoms with Crippen molar-refractivity contribution in [2.24, 2.45) is 0 Å². The molecule has 0 heterocycles. The zero-order chi connectivity index (χ0) is 3.58. The zero-order valence-corrected chi connectivity index (χ0v) is 7.17. The SMILES string of the molecule is C[Si](C)=[Zn]. The van der Waals surface area contributed by atoms with Crippen molar-refractivity contribution in [2.45, 2.75) is 13.1 Å². The quantitative estimate of drug-likeness (QED) is 0.418. The summed E-state index contributed by atoms with van der Waals surface area (Å²) in [5.41, 5.74) is 0. The van der Waals surface area contributed by atoms with E-state index >= 15 is 0 Å². The molecule has 0 rings (SSSR count). The predicted octanol–water partition coefficient (Wildman–Crippen LogP) is 0.784. The minimum absolute atomic E-state index is 0.245. The number of hydrogen-bond donors (Lipinski definition) is 0. The van der Waals surface area contributed by atoms with Gasteiger partial charge in [0.25, 0.3) is 0 Å². The Hall–Kier alpha value is 0.840. The first-order valence-corrected chi connectivity index (χ1v) is 8.51. The second-order valence-corrected chi connectivity index (χ2v) is 12.5. The fourth-order valence-corrected chi connectivity index (χ4v) is 0. The summed E-state index contributed by atoms with van der Waals surface area (Å²) in [7, 11) is 0. The van der Waals surface area contributed by atoms with Crippen molar-refractivity contribution in [1.29, 1.82) is 0 Å². The summed E-state index contributed by atoms with van der Waals surface area (Å²) in [6.07, 6.45) is 0. The molecule has 0 saturated heterocycles. The molecule has 0 saturated carbocycles. The van der Waals surface area contributed by atoms with E-state index < -0.39 is 0 Å². The van der Waals surface area contributed by atoms with E-state index in [1.54, 1.807) is 0 Å². The third kappa shape index (κ3) is 13.6. The third-order valence-corrected chi connectivity index (χ3v) is 0. The van der Waals surface area contributed by atoms with Crippen molar-refractivity contribution >= 4 is 6.55 Å². The number of rotatable bonds is 0. The molecule has 0 unspecified atom stereocenters. The molecule has 0 fully saturated rings. The van der Waals surface area contributed by atoms with Crippen LogP contribution >= 0.6 is 0 Å². The maximum absolute atomic E-state index is 2.32. The summed E-state index contributed by atoms with van der Waals surface area (Å²) in [4.78, 5) is 0. The van der Waals surface area contributed by atoms with Crippen molar-refractivity contribution in [3.8, 4) is 0 Å². The van der Waals surface area contributed by atoms with Crippen LogP contribution in [-0.4, -0.2) is 6.55 Å². The first-order valence-electron chi connectivity index (χ1n) is 1.35. The van der Waals surface area contributed by atoms with Gasteiger partial charge in [-0.25, -0.2) is 0 Å². The van der Waals surface area contributed by atoms with E-state index in [0.717, 1.165) is 0 Å². The van der Waals surface area contributed by atoms with Gasteiger partial charge in [0.1, 0.15) is 0 Å². The summed E-state index contributed by atoms with van der Waals surface area (Å²) in [6, 6.07) is 0. The van der Waals surface area contributed by atoms with Gasteiger partial charge < -0.3 is 0 Å². The molecule has 0 N–H and O–H groups in total. The second-order valence-electron chi connectivity index (χ2n) is 1.21. The monoisotopic (exact) mass is 122 g/mol. The molecule has 4 heavy (non-hydrogen) atoms. The fourth-order valence-electron chi connectivity index (χ4n) is 0. The van der Waals surface area contributed by atoms with Gasteiger partial charge in [0.05, 0.1) is 0 Å². The van der Waals surface area contributed by atoms with Gasteiger partial charge in [-0.3, -0.25) is 0 Å². The van der Waals surface area contributed by atoms with Crippen LogP contribution in [0.2, 0.25) is 13.1 Å². The van der Waals surface area contributed by atoms with Gasteiger partial charge in [0, 0.05) is 0 Å². The zero-order valence-electron chi connectivity index (χ0n) is 3.21. The van der Waals surface area contributed by atoms with Crippen LogP contribution in [0.4, 0.5) is 0 Å². The molecule has 0 aliphatic rings. The first kappa shape index (κ1) is 4.84. The summed E-state index contributed by atoms with van der Waals surface area (Å²) >= 11 is 1.53. The molecule has 0 atom stereocenters. The molecular formula is C2H6SiZn. The van der Waals surface area contributed by atoms with E-state index in [9.17, 15) is 0 Å². The maximum atomic E-state index is 2.32. The van der Waals surface area contributed by atoms with Crippen LogP contribution in [0.5, 0.6) is 0 Å². The van der Waals surface area contributed by atoms with Crippen LogP contribution in [0.15, 0.2) is 0 Å². The fraction of sp³-hybridized carbons (Fsp3) is 1.00. The van der Waals surface area contributed by atoms with Gasteiger partial charge in [-0.2, -0.15) is 0 Å². The summed E-state index contributed by atoms with van der Waals surface area (Å²) < 4.78 is 0. The van der Waals surface area contributed by atoms with Gasteiger partial charge in [-0.05, 0) is 0 Å². The molecule has 0 spiro atoms. The van der Waals surface area contributed by atoms with Gasteiger partial charge in [-0.1, -0.05) is 0 Å². The van der Waals surface area contributed by atoms with Gasteiger partial charge in [0.15, 0.2) is 0 Å². The summed E-state index contributed by atoms with van der Waals surface area (Å²) in [6.45, 7) is 4.89. The number of hydrogen-bond acceptors (Lipinski definition) is 0. The van der Waals surface area contributed by atoms with Crippen molar-refractivity contribution in [3.63, 3.8) is 0 Å². The predicted molar refractivity (Wildman–Crippen MR) is 17.5 cm³/mol. The molecule has 0 radical (unpaired) electrons. The van der Waals surface area contributed by atoms with E-state index in [4.69, 9.17) is 0 Å². The molecule has 0 aliphatic heterocycles. The average molecular weight is 124 g/mol. The Morgan fingerprint density at radius 3 is 1.50 bits per heavy atom. The normalized spacial score (nSPS) is 7.00. The Morgan fingerprint density at radius 1 is 1.50 bits per heavy atom. The molecule has 0 nitrogen and oxygen atoms in total. The van der Waals surface area contributed by atoms with Crippen molar-refractivity contribution < 1.29 is 17.1 Å². The minimum atomic E-state index is 0.245. The van der Waals surface area contributed by atoms with Gasteiger partial charge in [0.2, 0.25) is 0 Å². The Kier molecular flexibility index (Phi) is 2.54. The van der Waals surface area contributed by atoms with E-state index in [2.05, 4.69) is 13.1 Å². The van der Waals surface area contributed by atoms with Crippen LogP contribution in [0.1, 0.15) is 0 Å². The molecule has 0 aliphatic carbocycles. The van der Waals surface area contributed by atoms with Gasteiger partial charge >= 0.3 is 36.8 Å². The van der Waals surface area contributed by atoms with Crippen LogP contribution < -0.4 is 0 Å². The van der Waals surface area contributed by atoms with Crippen LogP contribution in [0, 0.1) is 0 Å². The molecule has 0 aromatic rings. The molecule has 0 aromatic heterocycles. The van der Waals surface area contributed by atoms with E-state index in [0.29, 0.717) is 0 Å². The topological polar surface area (TPSA) is 0 Å². The van der Waals surface area contributed by atoms with Gasteiger partial charge in [-0.15, -0.1) is 0 Å². The molecule has 0 bridgehead atoms. The van der Waals surface area contributed by atoms with E-state index in [-0.39, 0.29) is 6.55 Å². The molecule has 2 heteroatoms. The average Bonchev–Trinajstić information content (AvgIpc) is 0.811. The Morgan fingerprint density at radius 2 is 1.50 bits per heavy atom. The summed E-state index contributed by atoms with van der Waals surface area (Å²) in [5.74, 6) is 0. The third-order valence-electron chi connectivity index (χ3n) is 0. The molecule has 0 aromatic carbocycles. The molecule has 0 amide bonds. The van der Waals surface area contributed by atoms with Crippen LogP contribution in [-0.2, 0) is 17.1 Å². The van der Waals surface area contributed by atoms with Crippen molar-refractivity contribution in [1.82, 2.24) is 0 Å². The van der Waals surface area contributed by atoms with E-state index in [1.807, 2.05) is 0 Å². The molecular weight excluding hydrogens is 117 g/mol. The molecule has 20 valence electrons. The Labute approximate surface area is 37.2 Å². The first-order chi connectivity index (χ1) is 1.73. The standard InChI is InChI=1S/C2H6Si.Zn/c1-3-2;/h1-2H3;. The van der Waals surface area contributed by atoms with Crippen molar-refractivity contribution in [2.75, 3.05) is 0 Å². The summed E-state index contributed by atoms with van der Waals surface area (Å²) in [5, 5.41) is 0. The second kappa shape index (κ2) is 2.10. The van der Waals surface area contributed by atoms with Crippen molar-refractivity contribution in [3.05, 3.63) is 0 Å². The van der Waals surface area contributed by atoms with E-state index in [1.165, 1.54) is 17.1 Å².